The van der Waals surface area contributed by atoms with Crippen LogP contribution in [-0.4, -0.2) is 30.4 Å². The van der Waals surface area contributed by atoms with Crippen LogP contribution in [0.15, 0.2) is 57.8 Å². The minimum absolute atomic E-state index is 0.141. The molecule has 1 atom stereocenters. The summed E-state index contributed by atoms with van der Waals surface area (Å²) < 4.78 is 22.5. The van der Waals surface area contributed by atoms with Crippen LogP contribution < -0.4 is 4.74 Å². The van der Waals surface area contributed by atoms with Crippen LogP contribution in [0.3, 0.4) is 0 Å². The minimum Gasteiger partial charge on any atom is -0.494 e. The molecule has 6 nitrogen and oxygen atoms in total. The molecule has 3 aromatic rings. The quantitative estimate of drug-likeness (QED) is 0.492. The average Bonchev–Trinajstić information content (AvgIpc) is 3.41. The van der Waals surface area contributed by atoms with Crippen molar-refractivity contribution in [3.8, 4) is 16.9 Å². The average molecular weight is 396 g/mol. The van der Waals surface area contributed by atoms with E-state index in [1.807, 2.05) is 36.4 Å². The number of rotatable bonds is 10. The molecule has 0 fully saturated rings. The van der Waals surface area contributed by atoms with Crippen molar-refractivity contribution in [2.45, 2.75) is 38.2 Å². The summed E-state index contributed by atoms with van der Waals surface area (Å²) in [5.74, 6) is 1.92. The molecule has 1 unspecified atom stereocenters. The topological polar surface area (TPSA) is 82.0 Å². The smallest absolute Gasteiger partial charge is 0.333 e. The first-order valence-electron chi connectivity index (χ1n) is 9.88. The van der Waals surface area contributed by atoms with Crippen molar-refractivity contribution < 1.29 is 28.2 Å². The SMILES string of the molecule is CCOC(Cc1ccc(OCCCC2c3occc3-c3ccoc32)cc1)C(=O)O. The normalized spacial score (nSPS) is 13.8. The van der Waals surface area contributed by atoms with Gasteiger partial charge in [-0.3, -0.25) is 0 Å². The molecule has 4 rings (SSSR count). The lowest BCUT2D eigenvalue weighted by molar-refractivity contribution is -0.149. The Morgan fingerprint density at radius 3 is 2.31 bits per heavy atom. The van der Waals surface area contributed by atoms with Gasteiger partial charge in [0.05, 0.1) is 25.1 Å². The number of carboxylic acid groups (broad SMARTS) is 1. The number of aliphatic carboxylic acids is 1. The fourth-order valence-electron chi connectivity index (χ4n) is 3.84. The summed E-state index contributed by atoms with van der Waals surface area (Å²) in [6.07, 6.45) is 4.71. The molecule has 152 valence electrons. The van der Waals surface area contributed by atoms with Crippen molar-refractivity contribution in [2.75, 3.05) is 13.2 Å². The molecule has 29 heavy (non-hydrogen) atoms. The number of carboxylic acids is 1. The van der Waals surface area contributed by atoms with Crippen LogP contribution in [-0.2, 0) is 16.0 Å². The van der Waals surface area contributed by atoms with Gasteiger partial charge in [-0.2, -0.15) is 0 Å². The highest BCUT2D eigenvalue weighted by Gasteiger charge is 2.34. The molecule has 1 aliphatic carbocycles. The van der Waals surface area contributed by atoms with Crippen LogP contribution in [0.1, 0.15) is 42.8 Å². The fraction of sp³-hybridized carbons (Fsp3) is 0.348. The van der Waals surface area contributed by atoms with Gasteiger partial charge in [-0.25, -0.2) is 4.79 Å². The Morgan fingerprint density at radius 2 is 1.72 bits per heavy atom. The number of hydrogen-bond donors (Lipinski definition) is 1. The first-order valence-corrected chi connectivity index (χ1v) is 9.88. The van der Waals surface area contributed by atoms with Crippen LogP contribution in [0.2, 0.25) is 0 Å². The van der Waals surface area contributed by atoms with Crippen molar-refractivity contribution in [1.82, 2.24) is 0 Å². The monoisotopic (exact) mass is 396 g/mol. The van der Waals surface area contributed by atoms with Crippen molar-refractivity contribution in [1.29, 1.82) is 0 Å². The highest BCUT2D eigenvalue weighted by Crippen LogP contribution is 2.47. The number of furan rings is 2. The van der Waals surface area contributed by atoms with E-state index in [0.717, 1.165) is 46.8 Å². The molecule has 6 heteroatoms. The van der Waals surface area contributed by atoms with E-state index in [1.54, 1.807) is 19.5 Å². The highest BCUT2D eigenvalue weighted by molar-refractivity contribution is 5.74. The standard InChI is InChI=1S/C23H24O6/c1-2-26-20(23(24)25)14-15-5-7-16(8-6-15)27-11-3-4-19-21-17(9-12-28-21)18-10-13-29-22(18)19/h5-10,12-13,19-20H,2-4,11,14H2,1H3,(H,24,25). The maximum Gasteiger partial charge on any atom is 0.333 e. The maximum absolute atomic E-state index is 11.2. The third-order valence-corrected chi connectivity index (χ3v) is 5.21. The molecular formula is C23H24O6. The second-order valence-corrected chi connectivity index (χ2v) is 7.07. The zero-order valence-corrected chi connectivity index (χ0v) is 16.3. The Kier molecular flexibility index (Phi) is 5.71. The molecule has 0 aliphatic heterocycles. The number of hydrogen-bond acceptors (Lipinski definition) is 5. The Labute approximate surface area is 169 Å². The lowest BCUT2D eigenvalue weighted by Gasteiger charge is -2.13. The van der Waals surface area contributed by atoms with E-state index in [0.29, 0.717) is 19.6 Å². The lowest BCUT2D eigenvalue weighted by atomic mass is 10.0. The van der Waals surface area contributed by atoms with E-state index in [4.69, 9.17) is 18.3 Å². The van der Waals surface area contributed by atoms with Crippen molar-refractivity contribution in [3.63, 3.8) is 0 Å². The second kappa shape index (κ2) is 8.57. The fourth-order valence-corrected chi connectivity index (χ4v) is 3.84. The van der Waals surface area contributed by atoms with E-state index < -0.39 is 12.1 Å². The van der Waals surface area contributed by atoms with Gasteiger partial charge >= 0.3 is 5.97 Å². The van der Waals surface area contributed by atoms with E-state index in [2.05, 4.69) is 0 Å². The molecule has 1 N–H and O–H groups in total. The molecule has 0 saturated carbocycles. The third-order valence-electron chi connectivity index (χ3n) is 5.21. The molecule has 0 radical (unpaired) electrons. The minimum atomic E-state index is -0.946. The van der Waals surface area contributed by atoms with E-state index in [9.17, 15) is 9.90 Å². The van der Waals surface area contributed by atoms with Crippen molar-refractivity contribution >= 4 is 5.97 Å². The van der Waals surface area contributed by atoms with Crippen LogP contribution in [0.4, 0.5) is 0 Å². The summed E-state index contributed by atoms with van der Waals surface area (Å²) in [4.78, 5) is 11.2. The van der Waals surface area contributed by atoms with Crippen LogP contribution in [0, 0.1) is 0 Å². The zero-order chi connectivity index (χ0) is 20.2. The first-order chi connectivity index (χ1) is 14.2. The van der Waals surface area contributed by atoms with E-state index >= 15 is 0 Å². The predicted octanol–water partition coefficient (Wildman–Crippen LogP) is 4.88. The van der Waals surface area contributed by atoms with E-state index in [1.165, 1.54) is 0 Å². The Bertz CT molecular complexity index is 912. The Balaban J connectivity index is 1.27. The lowest BCUT2D eigenvalue weighted by Crippen LogP contribution is -2.26. The van der Waals surface area contributed by atoms with Gasteiger partial charge in [-0.1, -0.05) is 12.1 Å². The van der Waals surface area contributed by atoms with Gasteiger partial charge in [0.15, 0.2) is 6.10 Å². The molecule has 0 spiro atoms. The summed E-state index contributed by atoms with van der Waals surface area (Å²) in [6, 6.07) is 11.5. The summed E-state index contributed by atoms with van der Waals surface area (Å²) in [6.45, 7) is 2.74. The first kappa shape index (κ1) is 19.3. The Hall–Kier alpha value is -2.99. The van der Waals surface area contributed by atoms with Crippen LogP contribution in [0.25, 0.3) is 11.1 Å². The molecule has 2 aromatic heterocycles. The number of benzene rings is 1. The molecule has 0 saturated heterocycles. The van der Waals surface area contributed by atoms with Gasteiger partial charge in [0, 0.05) is 24.2 Å². The van der Waals surface area contributed by atoms with Gasteiger partial charge < -0.3 is 23.4 Å². The molecule has 0 bridgehead atoms. The number of fused-ring (bicyclic) bond motifs is 3. The summed E-state index contributed by atoms with van der Waals surface area (Å²) in [7, 11) is 0. The molecule has 0 amide bonds. The number of ether oxygens (including phenoxy) is 2. The van der Waals surface area contributed by atoms with Gasteiger partial charge in [0.25, 0.3) is 0 Å². The maximum atomic E-state index is 11.2. The molecule has 1 aromatic carbocycles. The van der Waals surface area contributed by atoms with Gasteiger partial charge in [-0.15, -0.1) is 0 Å². The predicted molar refractivity (Wildman–Crippen MR) is 106 cm³/mol. The van der Waals surface area contributed by atoms with Gasteiger partial charge in [-0.05, 0) is 49.6 Å². The van der Waals surface area contributed by atoms with E-state index in [-0.39, 0.29) is 5.92 Å². The summed E-state index contributed by atoms with van der Waals surface area (Å²) >= 11 is 0. The second-order valence-electron chi connectivity index (χ2n) is 7.07. The molecular weight excluding hydrogens is 372 g/mol. The Morgan fingerprint density at radius 1 is 1.07 bits per heavy atom. The highest BCUT2D eigenvalue weighted by atomic mass is 16.5. The summed E-state index contributed by atoms with van der Waals surface area (Å²) in [5, 5.41) is 9.19. The molecule has 2 heterocycles. The van der Waals surface area contributed by atoms with Crippen LogP contribution in [0.5, 0.6) is 5.75 Å². The largest absolute Gasteiger partial charge is 0.494 e. The summed E-state index contributed by atoms with van der Waals surface area (Å²) in [5.41, 5.74) is 3.16. The van der Waals surface area contributed by atoms with Crippen molar-refractivity contribution in [3.05, 3.63) is 66.0 Å². The molecule has 1 aliphatic rings. The number of carbonyl (C=O) groups is 1. The van der Waals surface area contributed by atoms with Crippen LogP contribution >= 0.6 is 0 Å². The third kappa shape index (κ3) is 4.07. The van der Waals surface area contributed by atoms with Gasteiger partial charge in [0.2, 0.25) is 0 Å². The zero-order valence-electron chi connectivity index (χ0n) is 16.3. The van der Waals surface area contributed by atoms with Gasteiger partial charge in [0.1, 0.15) is 17.3 Å². The van der Waals surface area contributed by atoms with Crippen molar-refractivity contribution in [2.24, 2.45) is 0 Å².